The largest absolute Gasteiger partial charge is 0.307 e. The lowest BCUT2D eigenvalue weighted by Crippen LogP contribution is -2.17. The van der Waals surface area contributed by atoms with Gasteiger partial charge in [-0.15, -0.1) is 0 Å². The number of anilines is 1. The zero-order valence-electron chi connectivity index (χ0n) is 17.8. The molecule has 1 aromatic carbocycles. The summed E-state index contributed by atoms with van der Waals surface area (Å²) in [6.07, 6.45) is 4.42. The maximum atomic E-state index is 13.1. The van der Waals surface area contributed by atoms with Gasteiger partial charge < -0.3 is 5.32 Å². The molecule has 0 spiro atoms. The number of nitrogens with zero attached hydrogens (tertiary/aromatic N) is 5. The molecule has 0 atom stereocenters. The van der Waals surface area contributed by atoms with Gasteiger partial charge in [-0.05, 0) is 44.4 Å². The van der Waals surface area contributed by atoms with E-state index in [1.165, 1.54) is 5.56 Å². The molecule has 1 amide bonds. The number of nitrogens with one attached hydrogen (secondary N) is 1. The van der Waals surface area contributed by atoms with Gasteiger partial charge in [-0.3, -0.25) is 4.79 Å². The molecule has 0 unspecified atom stereocenters. The van der Waals surface area contributed by atoms with Crippen LogP contribution < -0.4 is 5.32 Å². The van der Waals surface area contributed by atoms with Gasteiger partial charge in [0.15, 0.2) is 5.65 Å². The molecule has 7 heteroatoms. The summed E-state index contributed by atoms with van der Waals surface area (Å²) >= 11 is 0. The van der Waals surface area contributed by atoms with Crippen LogP contribution in [0.15, 0.2) is 48.8 Å². The molecule has 3 aromatic heterocycles. The molecule has 3 heterocycles. The third-order valence-electron chi connectivity index (χ3n) is 5.15. The number of carbonyl (C=O) groups excluding carboxylic acids is 1. The molecule has 0 aliphatic rings. The van der Waals surface area contributed by atoms with Crippen molar-refractivity contribution in [1.82, 2.24) is 24.5 Å². The van der Waals surface area contributed by atoms with Crippen molar-refractivity contribution in [2.75, 3.05) is 5.32 Å². The van der Waals surface area contributed by atoms with E-state index in [0.717, 1.165) is 28.7 Å². The number of hydrogen-bond donors (Lipinski definition) is 1. The van der Waals surface area contributed by atoms with E-state index in [1.54, 1.807) is 29.2 Å². The predicted octanol–water partition coefficient (Wildman–Crippen LogP) is 4.38. The van der Waals surface area contributed by atoms with Crippen LogP contribution in [0, 0.1) is 6.92 Å². The van der Waals surface area contributed by atoms with Crippen LogP contribution in [0.5, 0.6) is 0 Å². The Hall–Kier alpha value is -3.48. The van der Waals surface area contributed by atoms with E-state index in [2.05, 4.69) is 51.7 Å². The third kappa shape index (κ3) is 3.83. The van der Waals surface area contributed by atoms with Crippen LogP contribution in [0.3, 0.4) is 0 Å². The van der Waals surface area contributed by atoms with Crippen molar-refractivity contribution >= 4 is 22.8 Å². The maximum Gasteiger partial charge on any atom is 0.257 e. The Kier molecular flexibility index (Phi) is 5.35. The summed E-state index contributed by atoms with van der Waals surface area (Å²) in [5, 5.41) is 12.5. The molecule has 0 aliphatic heterocycles. The molecule has 30 heavy (non-hydrogen) atoms. The first-order valence-corrected chi connectivity index (χ1v) is 10.2. The minimum atomic E-state index is -0.197. The number of pyridine rings is 1. The summed E-state index contributed by atoms with van der Waals surface area (Å²) in [5.74, 6) is 0.454. The third-order valence-corrected chi connectivity index (χ3v) is 5.15. The number of hydrogen-bond acceptors (Lipinski definition) is 4. The second-order valence-corrected chi connectivity index (χ2v) is 7.73. The number of carbonyl (C=O) groups is 1. The van der Waals surface area contributed by atoms with Crippen LogP contribution >= 0.6 is 0 Å². The van der Waals surface area contributed by atoms with Crippen molar-refractivity contribution in [2.24, 2.45) is 0 Å². The number of rotatable bonds is 6. The smallest absolute Gasteiger partial charge is 0.257 e. The Morgan fingerprint density at radius 3 is 2.53 bits per heavy atom. The Bertz CT molecular complexity index is 1190. The van der Waals surface area contributed by atoms with Crippen LogP contribution in [0.4, 0.5) is 5.82 Å². The second-order valence-electron chi connectivity index (χ2n) is 7.73. The molecular formula is C23H26N6O. The lowest BCUT2D eigenvalue weighted by molar-refractivity contribution is 0.102. The zero-order chi connectivity index (χ0) is 21.3. The van der Waals surface area contributed by atoms with Gasteiger partial charge in [-0.1, -0.05) is 31.2 Å². The normalized spacial score (nSPS) is 11.4. The first-order chi connectivity index (χ1) is 14.5. The van der Waals surface area contributed by atoms with Crippen molar-refractivity contribution in [3.8, 4) is 0 Å². The fraction of sp³-hybridized carbons (Fsp3) is 0.304. The average molecular weight is 403 g/mol. The van der Waals surface area contributed by atoms with Crippen LogP contribution in [-0.4, -0.2) is 30.5 Å². The first kappa shape index (κ1) is 19.8. The van der Waals surface area contributed by atoms with Crippen molar-refractivity contribution in [2.45, 2.75) is 46.7 Å². The van der Waals surface area contributed by atoms with Gasteiger partial charge in [0.25, 0.3) is 5.91 Å². The standard InChI is InChI=1S/C23H26N6O/c1-5-17-6-8-18(9-7-17)14-28-21(10-11-24-28)27-23(30)19-12-16(4)26-22-20(19)13-25-29(22)15(2)3/h6-13,15H,5,14H2,1-4H3,(H,27,30). The van der Waals surface area contributed by atoms with E-state index in [1.807, 2.05) is 25.5 Å². The topological polar surface area (TPSA) is 77.6 Å². The van der Waals surface area contributed by atoms with E-state index < -0.39 is 0 Å². The predicted molar refractivity (Wildman–Crippen MR) is 118 cm³/mol. The summed E-state index contributed by atoms with van der Waals surface area (Å²) in [6.45, 7) is 8.70. The maximum absolute atomic E-state index is 13.1. The molecule has 7 nitrogen and oxygen atoms in total. The highest BCUT2D eigenvalue weighted by Crippen LogP contribution is 2.22. The van der Waals surface area contributed by atoms with Gasteiger partial charge in [0.1, 0.15) is 5.82 Å². The number of benzene rings is 1. The highest BCUT2D eigenvalue weighted by atomic mass is 16.1. The molecule has 4 aromatic rings. The number of aryl methyl sites for hydroxylation is 2. The van der Waals surface area contributed by atoms with Gasteiger partial charge in [-0.25, -0.2) is 14.3 Å². The van der Waals surface area contributed by atoms with E-state index >= 15 is 0 Å². The van der Waals surface area contributed by atoms with Gasteiger partial charge in [0.05, 0.1) is 29.9 Å². The van der Waals surface area contributed by atoms with Crippen molar-refractivity contribution in [3.63, 3.8) is 0 Å². The van der Waals surface area contributed by atoms with Crippen molar-refractivity contribution in [3.05, 3.63) is 71.2 Å². The Morgan fingerprint density at radius 2 is 1.83 bits per heavy atom. The lowest BCUT2D eigenvalue weighted by atomic mass is 10.1. The van der Waals surface area contributed by atoms with Gasteiger partial charge in [0, 0.05) is 17.8 Å². The van der Waals surface area contributed by atoms with Crippen molar-refractivity contribution < 1.29 is 4.79 Å². The minimum absolute atomic E-state index is 0.160. The molecule has 0 aliphatic carbocycles. The van der Waals surface area contributed by atoms with E-state index in [-0.39, 0.29) is 11.9 Å². The van der Waals surface area contributed by atoms with E-state index in [4.69, 9.17) is 0 Å². The number of fused-ring (bicyclic) bond motifs is 1. The Balaban J connectivity index is 1.60. The summed E-state index contributed by atoms with van der Waals surface area (Å²) < 4.78 is 3.63. The fourth-order valence-corrected chi connectivity index (χ4v) is 3.51. The zero-order valence-corrected chi connectivity index (χ0v) is 17.8. The van der Waals surface area contributed by atoms with Crippen LogP contribution in [-0.2, 0) is 13.0 Å². The molecule has 154 valence electrons. The van der Waals surface area contributed by atoms with E-state index in [9.17, 15) is 4.79 Å². The average Bonchev–Trinajstić information content (AvgIpc) is 3.34. The summed E-state index contributed by atoms with van der Waals surface area (Å²) in [6, 6.07) is 12.2. The molecule has 4 rings (SSSR count). The molecule has 0 fully saturated rings. The van der Waals surface area contributed by atoms with Gasteiger partial charge >= 0.3 is 0 Å². The van der Waals surface area contributed by atoms with Crippen LogP contribution in [0.1, 0.15) is 54.0 Å². The second kappa shape index (κ2) is 8.10. The van der Waals surface area contributed by atoms with Crippen LogP contribution in [0.25, 0.3) is 11.0 Å². The van der Waals surface area contributed by atoms with Crippen LogP contribution in [0.2, 0.25) is 0 Å². The van der Waals surface area contributed by atoms with Gasteiger partial charge in [-0.2, -0.15) is 10.2 Å². The molecule has 0 bridgehead atoms. The Morgan fingerprint density at radius 1 is 1.10 bits per heavy atom. The SMILES string of the molecule is CCc1ccc(Cn2nccc2NC(=O)c2cc(C)nc3c2cnn3C(C)C)cc1. The fourth-order valence-electron chi connectivity index (χ4n) is 3.51. The number of aromatic nitrogens is 5. The minimum Gasteiger partial charge on any atom is -0.307 e. The highest BCUT2D eigenvalue weighted by Gasteiger charge is 2.18. The van der Waals surface area contributed by atoms with E-state index in [0.29, 0.717) is 17.9 Å². The lowest BCUT2D eigenvalue weighted by Gasteiger charge is -2.11. The quantitative estimate of drug-likeness (QED) is 0.519. The molecule has 0 saturated carbocycles. The summed E-state index contributed by atoms with van der Waals surface area (Å²) in [4.78, 5) is 17.7. The Labute approximate surface area is 175 Å². The summed E-state index contributed by atoms with van der Waals surface area (Å²) in [7, 11) is 0. The van der Waals surface area contributed by atoms with Crippen molar-refractivity contribution in [1.29, 1.82) is 0 Å². The molecular weight excluding hydrogens is 376 g/mol. The highest BCUT2D eigenvalue weighted by molar-refractivity contribution is 6.11. The monoisotopic (exact) mass is 402 g/mol. The number of amides is 1. The summed E-state index contributed by atoms with van der Waals surface area (Å²) in [5.41, 5.74) is 4.49. The molecule has 1 N–H and O–H groups in total. The molecule has 0 radical (unpaired) electrons. The molecule has 0 saturated heterocycles. The first-order valence-electron chi connectivity index (χ1n) is 10.2. The van der Waals surface area contributed by atoms with Gasteiger partial charge in [0.2, 0.25) is 0 Å².